The maximum atomic E-state index is 14.2. The molecule has 0 bridgehead atoms. The van der Waals surface area contributed by atoms with Gasteiger partial charge in [0.15, 0.2) is 0 Å². The molecule has 1 N–H and O–H groups in total. The lowest BCUT2D eigenvalue weighted by atomic mass is 10.1. The molecule has 198 valence electrons. The van der Waals surface area contributed by atoms with E-state index in [9.17, 15) is 65.9 Å². The molecule has 0 aliphatic carbocycles. The molecule has 2 heterocycles. The second-order valence-corrected chi connectivity index (χ2v) is 10.6. The molecule has 10 nitrogen and oxygen atoms in total. The van der Waals surface area contributed by atoms with Gasteiger partial charge in [-0.25, -0.2) is 13.1 Å². The van der Waals surface area contributed by atoms with E-state index in [4.69, 9.17) is 0 Å². The number of carbonyl (C=O) groups is 2. The third-order valence-electron chi connectivity index (χ3n) is 4.86. The number of esters is 1. The molecule has 34 heavy (non-hydrogen) atoms. The predicted octanol–water partition coefficient (Wildman–Crippen LogP) is 0.0785. The van der Waals surface area contributed by atoms with Crippen LogP contribution in [0.3, 0.4) is 0 Å². The molecule has 1 atom stereocenters. The summed E-state index contributed by atoms with van der Waals surface area (Å²) in [6.45, 7) is -2.94. The highest BCUT2D eigenvalue weighted by atomic mass is 32.2. The number of hydrogen-bond donors (Lipinski definition) is 1. The lowest BCUT2D eigenvalue weighted by molar-refractivity contribution is -0.269. The Kier molecular flexibility index (Phi) is 7.22. The Bertz CT molecular complexity index is 1040. The number of carbonyl (C=O) groups excluding carboxylic acids is 2. The molecule has 0 radical (unpaired) electrons. The molecule has 0 saturated carbocycles. The van der Waals surface area contributed by atoms with E-state index < -0.39 is 91.5 Å². The molecule has 0 aromatic carbocycles. The minimum Gasteiger partial charge on any atom is -0.464 e. The Labute approximate surface area is 185 Å². The van der Waals surface area contributed by atoms with Crippen LogP contribution in [0.4, 0.5) is 39.5 Å². The topological polar surface area (TPSA) is 130 Å². The van der Waals surface area contributed by atoms with Crippen molar-refractivity contribution in [1.29, 1.82) is 0 Å². The monoisotopic (exact) mass is 559 g/mol. The van der Waals surface area contributed by atoms with Crippen LogP contribution in [0.2, 0.25) is 0 Å². The van der Waals surface area contributed by atoms with Crippen LogP contribution in [-0.4, -0.2) is 99.4 Å². The number of halogens is 9. The third-order valence-corrected chi connectivity index (χ3v) is 7.88. The summed E-state index contributed by atoms with van der Waals surface area (Å²) in [7, 11) is -13.7. The molecule has 0 spiro atoms. The van der Waals surface area contributed by atoms with Gasteiger partial charge in [-0.05, 0) is 0 Å². The van der Waals surface area contributed by atoms with Crippen LogP contribution in [0.25, 0.3) is 0 Å². The van der Waals surface area contributed by atoms with Crippen LogP contribution in [-0.2, 0) is 34.4 Å². The van der Waals surface area contributed by atoms with Gasteiger partial charge in [0.25, 0.3) is 10.0 Å². The number of nitrogens with one attached hydrogen (secondary N) is 1. The van der Waals surface area contributed by atoms with E-state index in [1.165, 1.54) is 4.90 Å². The van der Waals surface area contributed by atoms with E-state index >= 15 is 0 Å². The minimum atomic E-state index is -7.20. The van der Waals surface area contributed by atoms with Crippen molar-refractivity contribution in [2.45, 2.75) is 35.1 Å². The Balaban J connectivity index is 2.26. The number of piperazine rings is 1. The van der Waals surface area contributed by atoms with Gasteiger partial charge < -0.3 is 4.74 Å². The molecular formula is C13H14F9N3O7S2. The maximum Gasteiger partial charge on any atom is 0.516 e. The van der Waals surface area contributed by atoms with Gasteiger partial charge >= 0.3 is 44.5 Å². The first-order chi connectivity index (χ1) is 15.1. The van der Waals surface area contributed by atoms with Crippen molar-refractivity contribution in [3.05, 3.63) is 0 Å². The highest BCUT2D eigenvalue weighted by Gasteiger charge is 2.81. The molecule has 0 aromatic rings. The second kappa shape index (κ2) is 8.66. The fourth-order valence-electron chi connectivity index (χ4n) is 2.97. The number of hydrogen-bond acceptors (Lipinski definition) is 8. The highest BCUT2D eigenvalue weighted by Crippen LogP contribution is 2.49. The van der Waals surface area contributed by atoms with Crippen molar-refractivity contribution in [2.24, 2.45) is 0 Å². The Morgan fingerprint density at radius 2 is 1.41 bits per heavy atom. The second-order valence-electron chi connectivity index (χ2n) is 6.96. The summed E-state index contributed by atoms with van der Waals surface area (Å²) in [5.74, 6) is -18.9. The summed E-state index contributed by atoms with van der Waals surface area (Å²) in [5.41, 5.74) is -6.46. The van der Waals surface area contributed by atoms with Gasteiger partial charge in [0.05, 0.1) is 6.61 Å². The molecule has 2 fully saturated rings. The molecule has 1 unspecified atom stereocenters. The van der Waals surface area contributed by atoms with Crippen LogP contribution in [0.1, 0.15) is 6.42 Å². The normalized spacial score (nSPS) is 22.5. The van der Waals surface area contributed by atoms with E-state index in [0.717, 1.165) is 0 Å². The van der Waals surface area contributed by atoms with Crippen LogP contribution >= 0.6 is 0 Å². The highest BCUT2D eigenvalue weighted by molar-refractivity contribution is 7.91. The van der Waals surface area contributed by atoms with Gasteiger partial charge in [0, 0.05) is 32.6 Å². The number of cyclic esters (lactones) is 1. The molecule has 2 saturated heterocycles. The summed E-state index contributed by atoms with van der Waals surface area (Å²) >= 11 is 0. The van der Waals surface area contributed by atoms with E-state index in [0.29, 0.717) is 0 Å². The summed E-state index contributed by atoms with van der Waals surface area (Å²) in [4.78, 5) is 23.9. The van der Waals surface area contributed by atoms with Gasteiger partial charge in [-0.2, -0.15) is 52.2 Å². The number of alkyl halides is 9. The van der Waals surface area contributed by atoms with Crippen molar-refractivity contribution in [2.75, 3.05) is 32.8 Å². The first-order valence-corrected chi connectivity index (χ1v) is 11.7. The van der Waals surface area contributed by atoms with E-state index in [-0.39, 0.29) is 17.3 Å². The van der Waals surface area contributed by atoms with Gasteiger partial charge in [0.2, 0.25) is 0 Å². The maximum absolute atomic E-state index is 14.2. The van der Waals surface area contributed by atoms with E-state index in [1.807, 2.05) is 0 Å². The number of amides is 1. The van der Waals surface area contributed by atoms with Crippen LogP contribution in [0.15, 0.2) is 0 Å². The average molecular weight is 559 g/mol. The van der Waals surface area contributed by atoms with Crippen LogP contribution < -0.4 is 4.72 Å². The van der Waals surface area contributed by atoms with Crippen molar-refractivity contribution in [1.82, 2.24) is 13.9 Å². The first-order valence-electron chi connectivity index (χ1n) is 8.78. The van der Waals surface area contributed by atoms with Crippen molar-refractivity contribution in [3.8, 4) is 0 Å². The van der Waals surface area contributed by atoms with Crippen LogP contribution in [0.5, 0.6) is 0 Å². The molecule has 2 rings (SSSR count). The molecule has 0 aromatic heterocycles. The zero-order chi connectivity index (χ0) is 26.5. The Morgan fingerprint density at radius 1 is 0.912 bits per heavy atom. The zero-order valence-electron chi connectivity index (χ0n) is 16.3. The predicted molar refractivity (Wildman–Crippen MR) is 89.4 cm³/mol. The van der Waals surface area contributed by atoms with Crippen LogP contribution in [0, 0.1) is 0 Å². The molecule has 1 amide bonds. The van der Waals surface area contributed by atoms with Gasteiger partial charge in [0.1, 0.15) is 6.04 Å². The molecule has 2 aliphatic rings. The standard InChI is InChI=1S/C13H14F9N3O7S2/c14-10(15,9(27)23-33(28,29)13(20,21)22)11(16,17)12(18,19)34(30,31)25-4-2-24(3-5-25)7-1-6-32-8(7)26/h7H,1-6H2,(H,23,27). The summed E-state index contributed by atoms with van der Waals surface area (Å²) < 4.78 is 170. The van der Waals surface area contributed by atoms with Crippen molar-refractivity contribution >= 4 is 31.9 Å². The largest absolute Gasteiger partial charge is 0.516 e. The van der Waals surface area contributed by atoms with E-state index in [1.54, 1.807) is 0 Å². The lowest BCUT2D eigenvalue weighted by Crippen LogP contribution is -2.67. The van der Waals surface area contributed by atoms with E-state index in [2.05, 4.69) is 4.74 Å². The molecular weight excluding hydrogens is 545 g/mol. The Hall–Kier alpha value is -1.87. The SMILES string of the molecule is O=C1OCCC1N1CCN(S(=O)(=O)C(F)(F)C(F)(F)C(F)(F)C(=O)NS(=O)(=O)C(F)(F)F)CC1. The van der Waals surface area contributed by atoms with Crippen molar-refractivity contribution < 1.29 is 70.7 Å². The van der Waals surface area contributed by atoms with Gasteiger partial charge in [-0.3, -0.25) is 14.5 Å². The summed E-state index contributed by atoms with van der Waals surface area (Å²) in [5, 5.41) is -6.78. The number of ether oxygens (including phenoxy) is 1. The summed E-state index contributed by atoms with van der Waals surface area (Å²) in [6, 6.07) is -0.879. The average Bonchev–Trinajstić information content (AvgIpc) is 3.12. The smallest absolute Gasteiger partial charge is 0.464 e. The molecule has 2 aliphatic heterocycles. The zero-order valence-corrected chi connectivity index (χ0v) is 17.9. The van der Waals surface area contributed by atoms with Gasteiger partial charge in [-0.1, -0.05) is 0 Å². The number of sulfonamides is 2. The lowest BCUT2D eigenvalue weighted by Gasteiger charge is -2.39. The Morgan fingerprint density at radius 3 is 1.82 bits per heavy atom. The molecule has 21 heteroatoms. The number of rotatable bonds is 7. The van der Waals surface area contributed by atoms with Crippen molar-refractivity contribution in [3.63, 3.8) is 0 Å². The minimum absolute atomic E-state index is 0.00745. The summed E-state index contributed by atoms with van der Waals surface area (Å²) in [6.07, 6.45) is 0.155. The third kappa shape index (κ3) is 4.53. The fourth-order valence-corrected chi connectivity index (χ4v) is 4.87. The van der Waals surface area contributed by atoms with Gasteiger partial charge in [-0.15, -0.1) is 0 Å². The quantitative estimate of drug-likeness (QED) is 0.343. The first kappa shape index (κ1) is 28.4. The number of nitrogens with zero attached hydrogens (tertiary/aromatic N) is 2. The fraction of sp³-hybridized carbons (Fsp3) is 0.846.